The van der Waals surface area contributed by atoms with Crippen molar-refractivity contribution in [3.8, 4) is 0 Å². The largest absolute Gasteiger partial charge is 0.409 e. The van der Waals surface area contributed by atoms with Gasteiger partial charge in [-0.3, -0.25) is 9.88 Å². The van der Waals surface area contributed by atoms with Gasteiger partial charge in [-0.1, -0.05) is 18.5 Å². The van der Waals surface area contributed by atoms with Gasteiger partial charge in [-0.05, 0) is 49.5 Å². The fourth-order valence-corrected chi connectivity index (χ4v) is 2.57. The SMILES string of the molecule is CCC1CCN(Cc2ccnc(C(N)=NO)c2)CC1. The summed E-state index contributed by atoms with van der Waals surface area (Å²) in [6.45, 7) is 5.48. The Morgan fingerprint density at radius 3 is 2.89 bits per heavy atom. The maximum Gasteiger partial charge on any atom is 0.188 e. The standard InChI is InChI=1S/C14H22N4O/c1-2-11-4-7-18(8-5-11)10-12-3-6-16-13(9-12)14(15)17-19/h3,6,9,11,19H,2,4-5,7-8,10H2,1H3,(H2,15,17). The predicted octanol–water partition coefficient (Wildman–Crippen LogP) is 1.80. The van der Waals surface area contributed by atoms with E-state index in [0.717, 1.165) is 31.1 Å². The van der Waals surface area contributed by atoms with E-state index in [1.165, 1.54) is 19.3 Å². The second kappa shape index (κ2) is 6.52. The molecule has 19 heavy (non-hydrogen) atoms. The number of pyridine rings is 1. The van der Waals surface area contributed by atoms with Gasteiger partial charge in [-0.25, -0.2) is 0 Å². The zero-order valence-electron chi connectivity index (χ0n) is 11.4. The molecule has 0 amide bonds. The molecule has 0 radical (unpaired) electrons. The number of likely N-dealkylation sites (tertiary alicyclic amines) is 1. The average molecular weight is 262 g/mol. The molecular formula is C14H22N4O. The van der Waals surface area contributed by atoms with Gasteiger partial charge >= 0.3 is 0 Å². The van der Waals surface area contributed by atoms with Crippen molar-refractivity contribution in [1.82, 2.24) is 9.88 Å². The first-order valence-corrected chi connectivity index (χ1v) is 6.88. The Morgan fingerprint density at radius 1 is 1.53 bits per heavy atom. The van der Waals surface area contributed by atoms with Crippen LogP contribution in [0.5, 0.6) is 0 Å². The van der Waals surface area contributed by atoms with Crippen LogP contribution in [-0.2, 0) is 6.54 Å². The summed E-state index contributed by atoms with van der Waals surface area (Å²) in [5.74, 6) is 0.952. The number of oxime groups is 1. The molecule has 0 aliphatic carbocycles. The second-order valence-electron chi connectivity index (χ2n) is 5.16. The van der Waals surface area contributed by atoms with E-state index in [4.69, 9.17) is 10.9 Å². The Hall–Kier alpha value is -1.62. The number of rotatable bonds is 4. The van der Waals surface area contributed by atoms with Gasteiger partial charge in [0, 0.05) is 12.7 Å². The van der Waals surface area contributed by atoms with Crippen LogP contribution in [0, 0.1) is 5.92 Å². The maximum absolute atomic E-state index is 8.67. The zero-order valence-corrected chi connectivity index (χ0v) is 11.4. The second-order valence-corrected chi connectivity index (χ2v) is 5.16. The molecule has 1 aromatic heterocycles. The highest BCUT2D eigenvalue weighted by Crippen LogP contribution is 2.21. The smallest absolute Gasteiger partial charge is 0.188 e. The lowest BCUT2D eigenvalue weighted by atomic mass is 9.94. The monoisotopic (exact) mass is 262 g/mol. The van der Waals surface area contributed by atoms with Crippen molar-refractivity contribution in [2.45, 2.75) is 32.7 Å². The third-order valence-corrected chi connectivity index (χ3v) is 3.89. The highest BCUT2D eigenvalue weighted by atomic mass is 16.4. The van der Waals surface area contributed by atoms with E-state index in [-0.39, 0.29) is 5.84 Å². The van der Waals surface area contributed by atoms with Gasteiger partial charge in [0.1, 0.15) is 5.69 Å². The van der Waals surface area contributed by atoms with Crippen molar-refractivity contribution in [3.63, 3.8) is 0 Å². The highest BCUT2D eigenvalue weighted by molar-refractivity contribution is 5.95. The van der Waals surface area contributed by atoms with E-state index in [1.54, 1.807) is 6.20 Å². The molecule has 1 aromatic rings. The Balaban J connectivity index is 1.96. The molecule has 0 unspecified atom stereocenters. The van der Waals surface area contributed by atoms with Crippen LogP contribution in [0.2, 0.25) is 0 Å². The average Bonchev–Trinajstić information content (AvgIpc) is 2.47. The van der Waals surface area contributed by atoms with E-state index >= 15 is 0 Å². The molecule has 1 aliphatic rings. The van der Waals surface area contributed by atoms with E-state index < -0.39 is 0 Å². The van der Waals surface area contributed by atoms with Gasteiger partial charge in [-0.2, -0.15) is 0 Å². The minimum absolute atomic E-state index is 0.0616. The summed E-state index contributed by atoms with van der Waals surface area (Å²) in [4.78, 5) is 6.55. The Kier molecular flexibility index (Phi) is 4.74. The molecule has 2 rings (SSSR count). The summed E-state index contributed by atoms with van der Waals surface area (Å²) in [5, 5.41) is 11.7. The Bertz CT molecular complexity index is 439. The molecule has 3 N–H and O–H groups in total. The van der Waals surface area contributed by atoms with Crippen LogP contribution < -0.4 is 5.73 Å². The molecule has 104 valence electrons. The molecule has 0 aromatic carbocycles. The Morgan fingerprint density at radius 2 is 2.26 bits per heavy atom. The highest BCUT2D eigenvalue weighted by Gasteiger charge is 2.17. The molecule has 5 nitrogen and oxygen atoms in total. The number of nitrogens with two attached hydrogens (primary N) is 1. The number of hydrogen-bond acceptors (Lipinski definition) is 4. The molecule has 1 aliphatic heterocycles. The first-order chi connectivity index (χ1) is 9.22. The maximum atomic E-state index is 8.67. The summed E-state index contributed by atoms with van der Waals surface area (Å²) >= 11 is 0. The van der Waals surface area contributed by atoms with E-state index in [2.05, 4.69) is 22.0 Å². The minimum Gasteiger partial charge on any atom is -0.409 e. The van der Waals surface area contributed by atoms with E-state index in [1.807, 2.05) is 12.1 Å². The van der Waals surface area contributed by atoms with Crippen LogP contribution in [0.1, 0.15) is 37.4 Å². The van der Waals surface area contributed by atoms with Gasteiger partial charge in [0.2, 0.25) is 0 Å². The van der Waals surface area contributed by atoms with Gasteiger partial charge in [0.05, 0.1) is 0 Å². The molecule has 0 spiro atoms. The molecule has 1 fully saturated rings. The lowest BCUT2D eigenvalue weighted by Crippen LogP contribution is -2.33. The fourth-order valence-electron chi connectivity index (χ4n) is 2.57. The molecule has 0 atom stereocenters. The summed E-state index contributed by atoms with van der Waals surface area (Å²) in [6.07, 6.45) is 5.57. The molecule has 0 saturated carbocycles. The lowest BCUT2D eigenvalue weighted by molar-refractivity contribution is 0.175. The number of hydrogen-bond donors (Lipinski definition) is 2. The van der Waals surface area contributed by atoms with Crippen molar-refractivity contribution < 1.29 is 5.21 Å². The van der Waals surface area contributed by atoms with Crippen LogP contribution in [0.15, 0.2) is 23.5 Å². The van der Waals surface area contributed by atoms with Crippen LogP contribution in [0.3, 0.4) is 0 Å². The molecule has 2 heterocycles. The minimum atomic E-state index is 0.0616. The number of nitrogens with zero attached hydrogens (tertiary/aromatic N) is 3. The van der Waals surface area contributed by atoms with Gasteiger partial charge < -0.3 is 10.9 Å². The Labute approximate surface area is 114 Å². The third kappa shape index (κ3) is 3.67. The fraction of sp³-hybridized carbons (Fsp3) is 0.571. The predicted molar refractivity (Wildman–Crippen MR) is 75.0 cm³/mol. The quantitative estimate of drug-likeness (QED) is 0.375. The zero-order chi connectivity index (χ0) is 13.7. The van der Waals surface area contributed by atoms with E-state index in [9.17, 15) is 0 Å². The van der Waals surface area contributed by atoms with Crippen molar-refractivity contribution in [2.24, 2.45) is 16.8 Å². The van der Waals surface area contributed by atoms with Crippen LogP contribution in [0.25, 0.3) is 0 Å². The third-order valence-electron chi connectivity index (χ3n) is 3.89. The van der Waals surface area contributed by atoms with Crippen molar-refractivity contribution in [3.05, 3.63) is 29.6 Å². The summed E-state index contributed by atoms with van der Waals surface area (Å²) < 4.78 is 0. The van der Waals surface area contributed by atoms with Crippen molar-refractivity contribution in [1.29, 1.82) is 0 Å². The van der Waals surface area contributed by atoms with Gasteiger partial charge in [0.25, 0.3) is 0 Å². The molecule has 1 saturated heterocycles. The first kappa shape index (κ1) is 13.8. The van der Waals surface area contributed by atoms with Gasteiger partial charge in [-0.15, -0.1) is 0 Å². The van der Waals surface area contributed by atoms with Crippen LogP contribution in [-0.4, -0.2) is 34.0 Å². The van der Waals surface area contributed by atoms with Crippen molar-refractivity contribution in [2.75, 3.05) is 13.1 Å². The van der Waals surface area contributed by atoms with Crippen LogP contribution in [0.4, 0.5) is 0 Å². The number of piperidine rings is 1. The topological polar surface area (TPSA) is 74.7 Å². The first-order valence-electron chi connectivity index (χ1n) is 6.88. The van der Waals surface area contributed by atoms with Crippen molar-refractivity contribution >= 4 is 5.84 Å². The summed E-state index contributed by atoms with van der Waals surface area (Å²) in [7, 11) is 0. The van der Waals surface area contributed by atoms with E-state index in [0.29, 0.717) is 5.69 Å². The number of aromatic nitrogens is 1. The normalized spacial score (nSPS) is 18.7. The van der Waals surface area contributed by atoms with Crippen LogP contribution >= 0.6 is 0 Å². The lowest BCUT2D eigenvalue weighted by Gasteiger charge is -2.31. The van der Waals surface area contributed by atoms with Gasteiger partial charge in [0.15, 0.2) is 5.84 Å². The molecule has 0 bridgehead atoms. The molecular weight excluding hydrogens is 240 g/mol. The summed E-state index contributed by atoms with van der Waals surface area (Å²) in [6, 6.07) is 3.88. The molecule has 5 heteroatoms. The summed E-state index contributed by atoms with van der Waals surface area (Å²) in [5.41, 5.74) is 7.25. The number of amidine groups is 1.